The summed E-state index contributed by atoms with van der Waals surface area (Å²) < 4.78 is 0. The zero-order chi connectivity index (χ0) is 15.5. The number of likely N-dealkylation sites (N-methyl/N-ethyl adjacent to an activating group) is 1. The lowest BCUT2D eigenvalue weighted by molar-refractivity contribution is -0.117. The second-order valence-electron chi connectivity index (χ2n) is 6.24. The highest BCUT2D eigenvalue weighted by Crippen LogP contribution is 2.24. The van der Waals surface area contributed by atoms with E-state index in [2.05, 4.69) is 33.0 Å². The van der Waals surface area contributed by atoms with Crippen molar-refractivity contribution in [1.82, 2.24) is 4.90 Å². The summed E-state index contributed by atoms with van der Waals surface area (Å²) in [5, 5.41) is 3.36. The van der Waals surface area contributed by atoms with Crippen LogP contribution >= 0.6 is 11.6 Å². The molecule has 3 N–H and O–H groups in total. The molecule has 0 aliphatic rings. The topological polar surface area (TPSA) is 58.4 Å². The van der Waals surface area contributed by atoms with Crippen molar-refractivity contribution in [3.63, 3.8) is 0 Å². The monoisotopic (exact) mass is 297 g/mol. The number of carbonyl (C=O) groups excluding carboxylic acids is 1. The zero-order valence-electron chi connectivity index (χ0n) is 12.8. The van der Waals surface area contributed by atoms with Crippen LogP contribution in [0.2, 0.25) is 5.02 Å². The fraction of sp³-hybridized carbons (Fsp3) is 0.533. The predicted octanol–water partition coefficient (Wildman–Crippen LogP) is 3.23. The largest absolute Gasteiger partial charge is 0.397 e. The summed E-state index contributed by atoms with van der Waals surface area (Å²) in [4.78, 5) is 14.1. The number of nitrogens with two attached hydrogens (primary N) is 1. The van der Waals surface area contributed by atoms with Crippen LogP contribution in [-0.2, 0) is 4.79 Å². The maximum absolute atomic E-state index is 12.1. The number of halogens is 1. The summed E-state index contributed by atoms with van der Waals surface area (Å²) >= 11 is 5.83. The molecule has 1 amide bonds. The van der Waals surface area contributed by atoms with Gasteiger partial charge in [-0.25, -0.2) is 0 Å². The van der Waals surface area contributed by atoms with Gasteiger partial charge in [-0.15, -0.1) is 0 Å². The van der Waals surface area contributed by atoms with Gasteiger partial charge in [0, 0.05) is 11.1 Å². The average Bonchev–Trinajstić information content (AvgIpc) is 2.30. The van der Waals surface area contributed by atoms with Gasteiger partial charge in [-0.05, 0) is 37.6 Å². The molecule has 1 atom stereocenters. The number of nitrogens with one attached hydrogen (secondary N) is 1. The normalized spacial score (nSPS) is 13.3. The molecule has 0 aliphatic heterocycles. The molecule has 0 aliphatic carbocycles. The molecule has 1 unspecified atom stereocenters. The molecule has 112 valence electrons. The Hall–Kier alpha value is -1.26. The van der Waals surface area contributed by atoms with Gasteiger partial charge in [0.15, 0.2) is 0 Å². The van der Waals surface area contributed by atoms with Crippen LogP contribution in [0.5, 0.6) is 0 Å². The summed E-state index contributed by atoms with van der Waals surface area (Å²) in [6.45, 7) is 8.90. The molecule has 4 nitrogen and oxygen atoms in total. The van der Waals surface area contributed by atoms with Gasteiger partial charge >= 0.3 is 0 Å². The summed E-state index contributed by atoms with van der Waals surface area (Å²) in [5.41, 5.74) is 7.00. The standard InChI is InChI=1S/C15H24ClN3O/c1-10(15(2,3)4)19(5)9-14(20)18-13-7-6-11(16)8-12(13)17/h6-8,10H,9,17H2,1-5H3,(H,18,20). The van der Waals surface area contributed by atoms with Gasteiger partial charge in [0.2, 0.25) is 5.91 Å². The molecule has 1 aromatic rings. The van der Waals surface area contributed by atoms with Crippen LogP contribution in [0.4, 0.5) is 11.4 Å². The Morgan fingerprint density at radius 1 is 1.45 bits per heavy atom. The smallest absolute Gasteiger partial charge is 0.238 e. The number of amides is 1. The van der Waals surface area contributed by atoms with Gasteiger partial charge in [-0.1, -0.05) is 32.4 Å². The third-order valence-corrected chi connectivity index (χ3v) is 3.83. The van der Waals surface area contributed by atoms with Crippen molar-refractivity contribution in [2.24, 2.45) is 5.41 Å². The van der Waals surface area contributed by atoms with Crippen LogP contribution in [0.25, 0.3) is 0 Å². The number of hydrogen-bond acceptors (Lipinski definition) is 3. The predicted molar refractivity (Wildman–Crippen MR) is 86.0 cm³/mol. The molecule has 0 fully saturated rings. The Labute approximate surface area is 126 Å². The quantitative estimate of drug-likeness (QED) is 0.839. The van der Waals surface area contributed by atoms with E-state index in [1.807, 2.05) is 11.9 Å². The number of rotatable bonds is 4. The van der Waals surface area contributed by atoms with Crippen molar-refractivity contribution in [1.29, 1.82) is 0 Å². The Morgan fingerprint density at radius 2 is 2.05 bits per heavy atom. The van der Waals surface area contributed by atoms with Gasteiger partial charge in [-0.2, -0.15) is 0 Å². The maximum Gasteiger partial charge on any atom is 0.238 e. The highest BCUT2D eigenvalue weighted by atomic mass is 35.5. The van der Waals surface area contributed by atoms with Gasteiger partial charge < -0.3 is 11.1 Å². The molecular formula is C15H24ClN3O. The maximum atomic E-state index is 12.1. The van der Waals surface area contributed by atoms with Crippen molar-refractivity contribution in [2.75, 3.05) is 24.6 Å². The van der Waals surface area contributed by atoms with Crippen molar-refractivity contribution >= 4 is 28.9 Å². The second kappa shape index (κ2) is 6.46. The molecule has 1 aromatic carbocycles. The number of benzene rings is 1. The van der Waals surface area contributed by atoms with Crippen molar-refractivity contribution in [3.05, 3.63) is 23.2 Å². The van der Waals surface area contributed by atoms with E-state index in [-0.39, 0.29) is 17.4 Å². The van der Waals surface area contributed by atoms with Crippen LogP contribution in [0.3, 0.4) is 0 Å². The van der Waals surface area contributed by atoms with E-state index in [4.69, 9.17) is 17.3 Å². The minimum absolute atomic E-state index is 0.0855. The van der Waals surface area contributed by atoms with E-state index >= 15 is 0 Å². The molecule has 20 heavy (non-hydrogen) atoms. The Balaban J connectivity index is 2.64. The Morgan fingerprint density at radius 3 is 2.55 bits per heavy atom. The highest BCUT2D eigenvalue weighted by molar-refractivity contribution is 6.31. The van der Waals surface area contributed by atoms with Crippen LogP contribution < -0.4 is 11.1 Å². The molecular weight excluding hydrogens is 274 g/mol. The van der Waals surface area contributed by atoms with Crippen LogP contribution in [0.1, 0.15) is 27.7 Å². The number of nitrogens with zero attached hydrogens (tertiary/aromatic N) is 1. The van der Waals surface area contributed by atoms with Crippen LogP contribution in [0, 0.1) is 5.41 Å². The molecule has 5 heteroatoms. The van der Waals surface area contributed by atoms with E-state index in [0.717, 1.165) is 0 Å². The molecule has 0 saturated heterocycles. The summed E-state index contributed by atoms with van der Waals surface area (Å²) in [6.07, 6.45) is 0. The van der Waals surface area contributed by atoms with Crippen molar-refractivity contribution < 1.29 is 4.79 Å². The number of nitrogen functional groups attached to an aromatic ring is 1. The lowest BCUT2D eigenvalue weighted by atomic mass is 9.87. The van der Waals surface area contributed by atoms with E-state index in [1.54, 1.807) is 18.2 Å². The lowest BCUT2D eigenvalue weighted by Gasteiger charge is -2.34. The minimum atomic E-state index is -0.0855. The Bertz CT molecular complexity index is 482. The lowest BCUT2D eigenvalue weighted by Crippen LogP contribution is -2.43. The van der Waals surface area contributed by atoms with E-state index in [9.17, 15) is 4.79 Å². The third-order valence-electron chi connectivity index (χ3n) is 3.60. The SMILES string of the molecule is CC(N(C)CC(=O)Nc1ccc(Cl)cc1N)C(C)(C)C. The molecule has 0 saturated carbocycles. The fourth-order valence-corrected chi connectivity index (χ4v) is 2.04. The first-order valence-electron chi connectivity index (χ1n) is 6.66. The average molecular weight is 298 g/mol. The Kier molecular flexibility index (Phi) is 5.42. The zero-order valence-corrected chi connectivity index (χ0v) is 13.6. The number of hydrogen-bond donors (Lipinski definition) is 2. The first kappa shape index (κ1) is 16.8. The van der Waals surface area contributed by atoms with E-state index < -0.39 is 0 Å². The molecule has 0 aromatic heterocycles. The molecule has 1 rings (SSSR count). The second-order valence-corrected chi connectivity index (χ2v) is 6.67. The minimum Gasteiger partial charge on any atom is -0.397 e. The molecule has 0 bridgehead atoms. The van der Waals surface area contributed by atoms with Crippen molar-refractivity contribution in [2.45, 2.75) is 33.7 Å². The molecule has 0 spiro atoms. The molecule has 0 heterocycles. The van der Waals surface area contributed by atoms with E-state index in [0.29, 0.717) is 22.9 Å². The van der Waals surface area contributed by atoms with Gasteiger partial charge in [0.05, 0.1) is 17.9 Å². The van der Waals surface area contributed by atoms with Crippen LogP contribution in [-0.4, -0.2) is 30.4 Å². The third kappa shape index (κ3) is 4.69. The fourth-order valence-electron chi connectivity index (χ4n) is 1.86. The molecule has 0 radical (unpaired) electrons. The summed E-state index contributed by atoms with van der Waals surface area (Å²) in [7, 11) is 1.95. The number of anilines is 2. The van der Waals surface area contributed by atoms with Crippen LogP contribution in [0.15, 0.2) is 18.2 Å². The van der Waals surface area contributed by atoms with Gasteiger partial charge in [-0.3, -0.25) is 9.69 Å². The first-order valence-corrected chi connectivity index (χ1v) is 7.04. The first-order chi connectivity index (χ1) is 9.11. The van der Waals surface area contributed by atoms with E-state index in [1.165, 1.54) is 0 Å². The highest BCUT2D eigenvalue weighted by Gasteiger charge is 2.25. The van der Waals surface area contributed by atoms with Crippen molar-refractivity contribution in [3.8, 4) is 0 Å². The number of carbonyl (C=O) groups is 1. The van der Waals surface area contributed by atoms with Gasteiger partial charge in [0.25, 0.3) is 0 Å². The summed E-state index contributed by atoms with van der Waals surface area (Å²) in [6, 6.07) is 5.33. The summed E-state index contributed by atoms with van der Waals surface area (Å²) in [5.74, 6) is -0.0855. The van der Waals surface area contributed by atoms with Gasteiger partial charge in [0.1, 0.15) is 0 Å².